The van der Waals surface area contributed by atoms with Gasteiger partial charge in [-0.15, -0.1) is 0 Å². The minimum atomic E-state index is -1.12. The number of aliphatic hydroxyl groups is 2. The van der Waals surface area contributed by atoms with Crippen molar-refractivity contribution in [3.8, 4) is 11.1 Å². The van der Waals surface area contributed by atoms with Crippen molar-refractivity contribution in [2.24, 2.45) is 0 Å². The molecule has 1 aliphatic rings. The summed E-state index contributed by atoms with van der Waals surface area (Å²) in [6, 6.07) is 11.8. The fourth-order valence-corrected chi connectivity index (χ4v) is 3.49. The summed E-state index contributed by atoms with van der Waals surface area (Å²) in [5.74, 6) is 0. The summed E-state index contributed by atoms with van der Waals surface area (Å²) < 4.78 is 1.85. The number of fused-ring (bicyclic) bond motifs is 3. The van der Waals surface area contributed by atoms with E-state index in [1.807, 2.05) is 50.2 Å². The van der Waals surface area contributed by atoms with Gasteiger partial charge in [0.25, 0.3) is 0 Å². The highest BCUT2D eigenvalue weighted by Gasteiger charge is 2.41. The highest BCUT2D eigenvalue weighted by molar-refractivity contribution is 9.10. The lowest BCUT2D eigenvalue weighted by atomic mass is 9.88. The van der Waals surface area contributed by atoms with Crippen LogP contribution >= 0.6 is 31.9 Å². The van der Waals surface area contributed by atoms with E-state index in [-0.39, 0.29) is 6.61 Å². The topological polar surface area (TPSA) is 40.5 Å². The average molecular weight is 414 g/mol. The van der Waals surface area contributed by atoms with Gasteiger partial charge in [0.1, 0.15) is 5.60 Å². The third-order valence-corrected chi connectivity index (χ3v) is 4.60. The summed E-state index contributed by atoms with van der Waals surface area (Å²) in [4.78, 5) is 0. The van der Waals surface area contributed by atoms with Crippen molar-refractivity contribution in [2.75, 3.05) is 6.61 Å². The van der Waals surface area contributed by atoms with E-state index < -0.39 is 5.60 Å². The van der Waals surface area contributed by atoms with Crippen LogP contribution in [0.25, 0.3) is 11.1 Å². The zero-order chi connectivity index (χ0) is 15.6. The van der Waals surface area contributed by atoms with Crippen LogP contribution in [0.1, 0.15) is 31.4 Å². The van der Waals surface area contributed by atoms with E-state index in [0.717, 1.165) is 31.2 Å². The normalized spacial score (nSPS) is 14.0. The Hall–Kier alpha value is -0.680. The second kappa shape index (κ2) is 6.61. The molecule has 112 valence electrons. The van der Waals surface area contributed by atoms with Gasteiger partial charge in [0.2, 0.25) is 0 Å². The Balaban J connectivity index is 0.000000774. The first kappa shape index (κ1) is 16.7. The van der Waals surface area contributed by atoms with E-state index in [4.69, 9.17) is 0 Å². The molecule has 2 aromatic rings. The Labute approximate surface area is 142 Å². The fourth-order valence-electron chi connectivity index (χ4n) is 2.76. The molecule has 0 fully saturated rings. The Morgan fingerprint density at radius 2 is 1.33 bits per heavy atom. The van der Waals surface area contributed by atoms with Crippen molar-refractivity contribution in [3.63, 3.8) is 0 Å². The van der Waals surface area contributed by atoms with Crippen LogP contribution in [0.3, 0.4) is 0 Å². The summed E-state index contributed by atoms with van der Waals surface area (Å²) >= 11 is 6.89. The number of rotatable bonds is 2. The molecule has 0 amide bonds. The van der Waals surface area contributed by atoms with Gasteiger partial charge in [0.15, 0.2) is 0 Å². The molecule has 0 radical (unpaired) electrons. The summed E-state index contributed by atoms with van der Waals surface area (Å²) in [6.45, 7) is 3.94. The molecule has 0 spiro atoms. The molecule has 0 aromatic heterocycles. The smallest absolute Gasteiger partial charge is 0.118 e. The lowest BCUT2D eigenvalue weighted by molar-refractivity contribution is 0.0551. The molecule has 0 aliphatic heterocycles. The van der Waals surface area contributed by atoms with Crippen molar-refractivity contribution >= 4 is 31.9 Å². The summed E-state index contributed by atoms with van der Waals surface area (Å²) in [5.41, 5.74) is 2.64. The van der Waals surface area contributed by atoms with Gasteiger partial charge in [-0.3, -0.25) is 0 Å². The molecule has 21 heavy (non-hydrogen) atoms. The Morgan fingerprint density at radius 1 is 0.905 bits per heavy atom. The predicted molar refractivity (Wildman–Crippen MR) is 93.3 cm³/mol. The van der Waals surface area contributed by atoms with Crippen LogP contribution in [0.4, 0.5) is 0 Å². The molecule has 2 nitrogen and oxygen atoms in total. The third kappa shape index (κ3) is 2.82. The average Bonchev–Trinajstić information content (AvgIpc) is 2.71. The zero-order valence-electron chi connectivity index (χ0n) is 12.0. The molecular formula is C17H18Br2O2. The summed E-state index contributed by atoms with van der Waals surface area (Å²) in [6.07, 6.45) is 0.292. The van der Waals surface area contributed by atoms with E-state index >= 15 is 0 Å². The summed E-state index contributed by atoms with van der Waals surface area (Å²) in [5, 5.41) is 20.3. The minimum absolute atomic E-state index is 0.0611. The van der Waals surface area contributed by atoms with Crippen molar-refractivity contribution < 1.29 is 10.2 Å². The second-order valence-electron chi connectivity index (χ2n) is 4.71. The number of hydrogen-bond acceptors (Lipinski definition) is 2. The van der Waals surface area contributed by atoms with Crippen LogP contribution in [0.2, 0.25) is 0 Å². The van der Waals surface area contributed by atoms with Crippen molar-refractivity contribution in [2.45, 2.75) is 25.9 Å². The molecule has 3 rings (SSSR count). The predicted octanol–water partition coefficient (Wildman–Crippen LogP) is 4.84. The van der Waals surface area contributed by atoms with E-state index in [1.54, 1.807) is 0 Å². The molecule has 0 heterocycles. The van der Waals surface area contributed by atoms with Gasteiger partial charge in [-0.2, -0.15) is 0 Å². The van der Waals surface area contributed by atoms with Gasteiger partial charge in [-0.05, 0) is 46.5 Å². The molecule has 1 aliphatic carbocycles. The van der Waals surface area contributed by atoms with Crippen LogP contribution < -0.4 is 0 Å². The maximum absolute atomic E-state index is 11.0. The largest absolute Gasteiger partial charge is 0.396 e. The molecule has 2 N–H and O–H groups in total. The second-order valence-corrected chi connectivity index (χ2v) is 6.55. The fraction of sp³-hybridized carbons (Fsp3) is 0.294. The zero-order valence-corrected chi connectivity index (χ0v) is 15.2. The van der Waals surface area contributed by atoms with E-state index in [2.05, 4.69) is 31.9 Å². The Morgan fingerprint density at radius 3 is 1.71 bits per heavy atom. The van der Waals surface area contributed by atoms with Crippen LogP contribution in [0, 0.1) is 0 Å². The van der Waals surface area contributed by atoms with Gasteiger partial charge in [0.05, 0.1) is 0 Å². The SMILES string of the molecule is CC.OCCC1(O)c2cc(Br)ccc2-c2ccc(Br)cc21. The lowest BCUT2D eigenvalue weighted by Crippen LogP contribution is -2.26. The monoisotopic (exact) mass is 412 g/mol. The van der Waals surface area contributed by atoms with Gasteiger partial charge in [-0.1, -0.05) is 57.8 Å². The standard InChI is InChI=1S/C15H12Br2O2.C2H6/c16-9-1-3-11-12-4-2-10(17)8-14(12)15(19,5-6-18)13(11)7-9;1-2/h1-4,7-8,18-19H,5-6H2;1-2H3. The molecule has 0 bridgehead atoms. The van der Waals surface area contributed by atoms with Gasteiger partial charge < -0.3 is 10.2 Å². The van der Waals surface area contributed by atoms with E-state index in [9.17, 15) is 10.2 Å². The molecule has 0 unspecified atom stereocenters. The minimum Gasteiger partial charge on any atom is -0.396 e. The molecular weight excluding hydrogens is 396 g/mol. The molecule has 0 saturated carbocycles. The third-order valence-electron chi connectivity index (χ3n) is 3.62. The lowest BCUT2D eigenvalue weighted by Gasteiger charge is -2.25. The van der Waals surface area contributed by atoms with Crippen LogP contribution in [0.5, 0.6) is 0 Å². The van der Waals surface area contributed by atoms with Gasteiger partial charge in [0, 0.05) is 22.0 Å². The quantitative estimate of drug-likeness (QED) is 0.739. The molecule has 2 aromatic carbocycles. The van der Waals surface area contributed by atoms with Crippen molar-refractivity contribution in [1.82, 2.24) is 0 Å². The maximum atomic E-state index is 11.0. The van der Waals surface area contributed by atoms with Gasteiger partial charge in [-0.25, -0.2) is 0 Å². The number of aliphatic hydroxyl groups excluding tert-OH is 1. The van der Waals surface area contributed by atoms with Crippen LogP contribution in [0.15, 0.2) is 45.3 Å². The first-order valence-corrected chi connectivity index (χ1v) is 8.58. The number of benzene rings is 2. The number of hydrogen-bond donors (Lipinski definition) is 2. The maximum Gasteiger partial charge on any atom is 0.118 e. The van der Waals surface area contributed by atoms with Crippen LogP contribution in [-0.2, 0) is 5.60 Å². The molecule has 0 saturated heterocycles. The Bertz CT molecular complexity index is 602. The van der Waals surface area contributed by atoms with Crippen LogP contribution in [-0.4, -0.2) is 16.8 Å². The van der Waals surface area contributed by atoms with Gasteiger partial charge >= 0.3 is 0 Å². The van der Waals surface area contributed by atoms with Crippen molar-refractivity contribution in [1.29, 1.82) is 0 Å². The highest BCUT2D eigenvalue weighted by atomic mass is 79.9. The first-order valence-electron chi connectivity index (χ1n) is 7.00. The van der Waals surface area contributed by atoms with E-state index in [0.29, 0.717) is 6.42 Å². The van der Waals surface area contributed by atoms with E-state index in [1.165, 1.54) is 0 Å². The first-order chi connectivity index (χ1) is 10.1. The number of halogens is 2. The molecule has 4 heteroatoms. The van der Waals surface area contributed by atoms with Crippen molar-refractivity contribution in [3.05, 3.63) is 56.5 Å². The Kier molecular flexibility index (Phi) is 5.25. The molecule has 0 atom stereocenters. The summed E-state index contributed by atoms with van der Waals surface area (Å²) in [7, 11) is 0. The highest BCUT2D eigenvalue weighted by Crippen LogP contribution is 2.50.